The van der Waals surface area contributed by atoms with Crippen LogP contribution < -0.4 is 10.6 Å². The number of halogens is 2. The maximum absolute atomic E-state index is 14.4. The van der Waals surface area contributed by atoms with Gasteiger partial charge in [0.05, 0.1) is 18.6 Å². The van der Waals surface area contributed by atoms with Gasteiger partial charge in [0.15, 0.2) is 17.4 Å². The Morgan fingerprint density at radius 3 is 2.72 bits per heavy atom. The molecule has 0 radical (unpaired) electrons. The molecule has 150 valence electrons. The number of pyridine rings is 1. The van der Waals surface area contributed by atoms with Crippen molar-refractivity contribution in [3.8, 4) is 5.69 Å². The highest BCUT2D eigenvalue weighted by Gasteiger charge is 2.08. The van der Waals surface area contributed by atoms with Crippen molar-refractivity contribution in [3.05, 3.63) is 78.5 Å². The van der Waals surface area contributed by atoms with Crippen molar-refractivity contribution >= 4 is 35.6 Å². The third-order valence-electron chi connectivity index (χ3n) is 4.28. The number of aromatic nitrogens is 5. The summed E-state index contributed by atoms with van der Waals surface area (Å²) in [4.78, 5) is 8.14. The van der Waals surface area contributed by atoms with Gasteiger partial charge in [-0.3, -0.25) is 9.39 Å². The van der Waals surface area contributed by atoms with Crippen molar-refractivity contribution < 1.29 is 4.39 Å². The van der Waals surface area contributed by atoms with Crippen molar-refractivity contribution in [3.63, 3.8) is 0 Å². The number of fused-ring (bicyclic) bond motifs is 1. The number of hydrogen-bond donors (Lipinski definition) is 2. The summed E-state index contributed by atoms with van der Waals surface area (Å²) in [6, 6.07) is 10.8. The monoisotopic (exact) mass is 506 g/mol. The van der Waals surface area contributed by atoms with Crippen LogP contribution in [0.25, 0.3) is 11.3 Å². The molecule has 8 nitrogen and oxygen atoms in total. The van der Waals surface area contributed by atoms with E-state index in [2.05, 4.69) is 30.8 Å². The highest BCUT2D eigenvalue weighted by molar-refractivity contribution is 14.0. The number of guanidine groups is 1. The van der Waals surface area contributed by atoms with E-state index in [1.807, 2.05) is 34.9 Å². The lowest BCUT2D eigenvalue weighted by Crippen LogP contribution is -2.36. The second-order valence-electron chi connectivity index (χ2n) is 6.08. The summed E-state index contributed by atoms with van der Waals surface area (Å²) in [5.41, 5.74) is 2.05. The Morgan fingerprint density at radius 1 is 1.10 bits per heavy atom. The average molecular weight is 506 g/mol. The predicted octanol–water partition coefficient (Wildman–Crippen LogP) is 2.54. The third kappa shape index (κ3) is 4.70. The summed E-state index contributed by atoms with van der Waals surface area (Å²) in [6.45, 7) is 0.889. The van der Waals surface area contributed by atoms with Crippen LogP contribution in [0.2, 0.25) is 0 Å². The largest absolute Gasteiger partial charge is 0.352 e. The first kappa shape index (κ1) is 20.7. The summed E-state index contributed by atoms with van der Waals surface area (Å²) < 4.78 is 17.9. The topological polar surface area (TPSA) is 84.4 Å². The first-order valence-corrected chi connectivity index (χ1v) is 8.74. The molecule has 4 rings (SSSR count). The van der Waals surface area contributed by atoms with E-state index < -0.39 is 0 Å². The van der Waals surface area contributed by atoms with E-state index in [0.29, 0.717) is 24.7 Å². The highest BCUT2D eigenvalue weighted by atomic mass is 127. The van der Waals surface area contributed by atoms with Crippen LogP contribution in [0.3, 0.4) is 0 Å². The molecule has 3 aromatic heterocycles. The van der Waals surface area contributed by atoms with E-state index in [4.69, 9.17) is 0 Å². The molecular formula is C19H20FIN8. The van der Waals surface area contributed by atoms with E-state index in [-0.39, 0.29) is 29.8 Å². The molecule has 0 saturated heterocycles. The molecule has 29 heavy (non-hydrogen) atoms. The van der Waals surface area contributed by atoms with E-state index in [1.54, 1.807) is 36.4 Å². The van der Waals surface area contributed by atoms with Gasteiger partial charge in [0.1, 0.15) is 5.82 Å². The van der Waals surface area contributed by atoms with Gasteiger partial charge in [0, 0.05) is 32.2 Å². The minimum atomic E-state index is -0.310. The number of imidazole rings is 1. The van der Waals surface area contributed by atoms with Crippen LogP contribution in [-0.2, 0) is 13.1 Å². The normalized spacial score (nSPS) is 11.3. The average Bonchev–Trinajstić information content (AvgIpc) is 3.38. The van der Waals surface area contributed by atoms with Crippen LogP contribution in [0, 0.1) is 5.82 Å². The van der Waals surface area contributed by atoms with Gasteiger partial charge >= 0.3 is 0 Å². The molecule has 0 aliphatic carbocycles. The first-order valence-electron chi connectivity index (χ1n) is 8.74. The molecule has 0 unspecified atom stereocenters. The molecular weight excluding hydrogens is 486 g/mol. The maximum atomic E-state index is 14.4. The van der Waals surface area contributed by atoms with Crippen molar-refractivity contribution in [2.45, 2.75) is 13.1 Å². The lowest BCUT2D eigenvalue weighted by molar-refractivity contribution is 0.614. The number of hydrogen-bond acceptors (Lipinski definition) is 4. The fourth-order valence-electron chi connectivity index (χ4n) is 2.85. The van der Waals surface area contributed by atoms with Crippen molar-refractivity contribution in [2.24, 2.45) is 4.99 Å². The van der Waals surface area contributed by atoms with Crippen molar-refractivity contribution in [1.82, 2.24) is 34.8 Å². The van der Waals surface area contributed by atoms with Crippen LogP contribution in [0.5, 0.6) is 0 Å². The zero-order valence-electron chi connectivity index (χ0n) is 15.7. The number of benzene rings is 1. The molecule has 0 aliphatic heterocycles. The SMILES string of the molecule is CN=C(NCc1ccc(-n2ccnc2)c(F)c1)NCc1nnc2ccccn12.I. The van der Waals surface area contributed by atoms with E-state index >= 15 is 0 Å². The Balaban J connectivity index is 0.00000240. The molecule has 0 fully saturated rings. The highest BCUT2D eigenvalue weighted by Crippen LogP contribution is 2.14. The number of aliphatic imine (C=N–C) groups is 1. The van der Waals surface area contributed by atoms with E-state index in [1.165, 1.54) is 6.07 Å². The zero-order valence-corrected chi connectivity index (χ0v) is 18.0. The molecule has 1 aromatic carbocycles. The van der Waals surface area contributed by atoms with Crippen LogP contribution in [0.15, 0.2) is 66.3 Å². The number of nitrogens with zero attached hydrogens (tertiary/aromatic N) is 6. The standard InChI is InChI=1S/C19H19FN8.HI/c1-21-19(24-12-18-26-25-17-4-2-3-8-28(17)18)23-11-14-5-6-16(15(20)10-14)27-9-7-22-13-27;/h2-10,13H,11-12H2,1H3,(H2,21,23,24);1H. The van der Waals surface area contributed by atoms with E-state index in [9.17, 15) is 4.39 Å². The quantitative estimate of drug-likeness (QED) is 0.247. The molecule has 0 bridgehead atoms. The Bertz CT molecular complexity index is 1110. The molecule has 0 amide bonds. The van der Waals surface area contributed by atoms with Crippen LogP contribution in [0.4, 0.5) is 4.39 Å². The minimum Gasteiger partial charge on any atom is -0.352 e. The molecule has 0 saturated carbocycles. The van der Waals surface area contributed by atoms with E-state index in [0.717, 1.165) is 17.0 Å². The fourth-order valence-corrected chi connectivity index (χ4v) is 2.85. The van der Waals surface area contributed by atoms with Gasteiger partial charge in [0.2, 0.25) is 0 Å². The lowest BCUT2D eigenvalue weighted by atomic mass is 10.2. The van der Waals surface area contributed by atoms with Crippen LogP contribution >= 0.6 is 24.0 Å². The fraction of sp³-hybridized carbons (Fsp3) is 0.158. The Morgan fingerprint density at radius 2 is 1.97 bits per heavy atom. The van der Waals surface area contributed by atoms with Gasteiger partial charge in [-0.05, 0) is 29.8 Å². The van der Waals surface area contributed by atoms with Crippen LogP contribution in [-0.4, -0.2) is 37.2 Å². The summed E-state index contributed by atoms with van der Waals surface area (Å²) >= 11 is 0. The van der Waals surface area contributed by atoms with Crippen molar-refractivity contribution in [1.29, 1.82) is 0 Å². The first-order chi connectivity index (χ1) is 13.7. The maximum Gasteiger partial charge on any atom is 0.191 e. The molecule has 0 aliphatic rings. The van der Waals surface area contributed by atoms with Crippen molar-refractivity contribution in [2.75, 3.05) is 7.05 Å². The van der Waals surface area contributed by atoms with Crippen LogP contribution in [0.1, 0.15) is 11.4 Å². The molecule has 0 atom stereocenters. The summed E-state index contributed by atoms with van der Waals surface area (Å²) in [5.74, 6) is 1.05. The molecule has 0 spiro atoms. The van der Waals surface area contributed by atoms with Gasteiger partial charge in [-0.25, -0.2) is 9.37 Å². The molecule has 4 aromatic rings. The van der Waals surface area contributed by atoms with Gasteiger partial charge in [-0.15, -0.1) is 34.2 Å². The lowest BCUT2D eigenvalue weighted by Gasteiger charge is -2.12. The molecule has 3 heterocycles. The number of nitrogens with one attached hydrogen (secondary N) is 2. The smallest absolute Gasteiger partial charge is 0.191 e. The van der Waals surface area contributed by atoms with Gasteiger partial charge in [0.25, 0.3) is 0 Å². The van der Waals surface area contributed by atoms with Gasteiger partial charge < -0.3 is 15.2 Å². The predicted molar refractivity (Wildman–Crippen MR) is 119 cm³/mol. The second kappa shape index (κ2) is 9.45. The summed E-state index contributed by atoms with van der Waals surface area (Å²) in [5, 5.41) is 14.7. The Hall–Kier alpha value is -3.02. The summed E-state index contributed by atoms with van der Waals surface area (Å²) in [7, 11) is 1.68. The zero-order chi connectivity index (χ0) is 19.3. The molecule has 2 N–H and O–H groups in total. The second-order valence-corrected chi connectivity index (χ2v) is 6.08. The Kier molecular flexibility index (Phi) is 6.75. The summed E-state index contributed by atoms with van der Waals surface area (Å²) in [6.07, 6.45) is 6.79. The Labute approximate surface area is 183 Å². The minimum absolute atomic E-state index is 0. The van der Waals surface area contributed by atoms with Gasteiger partial charge in [-0.1, -0.05) is 12.1 Å². The number of rotatable bonds is 5. The van der Waals surface area contributed by atoms with Gasteiger partial charge in [-0.2, -0.15) is 0 Å². The third-order valence-corrected chi connectivity index (χ3v) is 4.28. The molecule has 10 heteroatoms.